The zero-order chi connectivity index (χ0) is 15.9. The number of nitrogens with zero attached hydrogens (tertiary/aromatic N) is 3. The van der Waals surface area contributed by atoms with E-state index < -0.39 is 6.10 Å². The van der Waals surface area contributed by atoms with Gasteiger partial charge in [-0.2, -0.15) is 5.10 Å². The molecule has 2 aromatic rings. The Kier molecular flexibility index (Phi) is 3.74. The van der Waals surface area contributed by atoms with Crippen LogP contribution in [-0.2, 0) is 6.42 Å². The fourth-order valence-electron chi connectivity index (χ4n) is 2.94. The summed E-state index contributed by atoms with van der Waals surface area (Å²) in [6, 6.07) is 1.96. The van der Waals surface area contributed by atoms with E-state index in [2.05, 4.69) is 15.2 Å². The zero-order valence-corrected chi connectivity index (χ0v) is 13.0. The molecule has 0 spiro atoms. The highest BCUT2D eigenvalue weighted by Crippen LogP contribution is 2.24. The summed E-state index contributed by atoms with van der Waals surface area (Å²) >= 11 is 0. The molecule has 2 aromatic heterocycles. The summed E-state index contributed by atoms with van der Waals surface area (Å²) in [6.45, 7) is 6.20. The molecule has 22 heavy (non-hydrogen) atoms. The van der Waals surface area contributed by atoms with Crippen molar-refractivity contribution in [3.05, 3.63) is 34.8 Å². The molecule has 1 aliphatic heterocycles. The van der Waals surface area contributed by atoms with Crippen LogP contribution in [0.1, 0.15) is 33.5 Å². The summed E-state index contributed by atoms with van der Waals surface area (Å²) in [4.78, 5) is 18.2. The number of carbonyl (C=O) groups is 1. The van der Waals surface area contributed by atoms with Crippen LogP contribution < -0.4 is 0 Å². The first kappa shape index (κ1) is 14.8. The van der Waals surface area contributed by atoms with Crippen LogP contribution in [0.15, 0.2) is 10.5 Å². The molecule has 1 amide bonds. The molecule has 0 aromatic carbocycles. The molecule has 2 atom stereocenters. The first-order chi connectivity index (χ1) is 10.4. The third kappa shape index (κ3) is 2.76. The molecular formula is C15H20N4O3. The second-order valence-corrected chi connectivity index (χ2v) is 5.93. The highest BCUT2D eigenvalue weighted by molar-refractivity contribution is 5.92. The smallest absolute Gasteiger partial charge is 0.291 e. The largest absolute Gasteiger partial charge is 0.436 e. The summed E-state index contributed by atoms with van der Waals surface area (Å²) in [5.74, 6) is 0.513. The van der Waals surface area contributed by atoms with Gasteiger partial charge in [-0.25, -0.2) is 4.98 Å². The second-order valence-electron chi connectivity index (χ2n) is 5.93. The normalized spacial score (nSPS) is 21.5. The summed E-state index contributed by atoms with van der Waals surface area (Å²) in [6.07, 6.45) is 0.0919. The van der Waals surface area contributed by atoms with Crippen LogP contribution in [0.2, 0.25) is 0 Å². The fraction of sp³-hybridized carbons (Fsp3) is 0.533. The SMILES string of the molecule is Cc1cc(C[C@@H]2CN(C(=O)c3oc(C)nc3C)C[C@H]2O)n[nH]1. The maximum Gasteiger partial charge on any atom is 0.291 e. The molecule has 7 heteroatoms. The van der Waals surface area contributed by atoms with Gasteiger partial charge in [0.15, 0.2) is 5.89 Å². The van der Waals surface area contributed by atoms with Gasteiger partial charge in [0.1, 0.15) is 0 Å². The number of hydrogen-bond donors (Lipinski definition) is 2. The molecule has 0 unspecified atom stereocenters. The number of amides is 1. The van der Waals surface area contributed by atoms with E-state index in [4.69, 9.17) is 4.42 Å². The van der Waals surface area contributed by atoms with Crippen LogP contribution in [-0.4, -0.2) is 50.3 Å². The third-order valence-electron chi connectivity index (χ3n) is 4.02. The Morgan fingerprint density at radius 2 is 2.23 bits per heavy atom. The van der Waals surface area contributed by atoms with E-state index in [-0.39, 0.29) is 17.6 Å². The Bertz CT molecular complexity index is 691. The number of β-amino-alcohol motifs (C(OH)–C–C–N with tert-alkyl or cyclic N) is 1. The van der Waals surface area contributed by atoms with Crippen molar-refractivity contribution < 1.29 is 14.3 Å². The monoisotopic (exact) mass is 304 g/mol. The van der Waals surface area contributed by atoms with Gasteiger partial charge in [-0.1, -0.05) is 0 Å². The quantitative estimate of drug-likeness (QED) is 0.882. The second kappa shape index (κ2) is 5.57. The Labute approximate surface area is 128 Å². The first-order valence-electron chi connectivity index (χ1n) is 7.36. The minimum absolute atomic E-state index is 0.0176. The molecular weight excluding hydrogens is 284 g/mol. The zero-order valence-electron chi connectivity index (χ0n) is 13.0. The van der Waals surface area contributed by atoms with Crippen LogP contribution >= 0.6 is 0 Å². The number of aliphatic hydroxyl groups excluding tert-OH is 1. The lowest BCUT2D eigenvalue weighted by molar-refractivity contribution is 0.0731. The molecule has 2 N–H and O–H groups in total. The highest BCUT2D eigenvalue weighted by atomic mass is 16.4. The topological polar surface area (TPSA) is 95.2 Å². The summed E-state index contributed by atoms with van der Waals surface area (Å²) in [5, 5.41) is 17.3. The number of aromatic amines is 1. The highest BCUT2D eigenvalue weighted by Gasteiger charge is 2.36. The van der Waals surface area contributed by atoms with Gasteiger partial charge < -0.3 is 14.4 Å². The molecule has 3 rings (SSSR count). The average molecular weight is 304 g/mol. The maximum absolute atomic E-state index is 12.5. The van der Waals surface area contributed by atoms with Crippen molar-refractivity contribution in [2.24, 2.45) is 5.92 Å². The van der Waals surface area contributed by atoms with Gasteiger partial charge in [-0.3, -0.25) is 9.89 Å². The lowest BCUT2D eigenvalue weighted by Gasteiger charge is -2.14. The van der Waals surface area contributed by atoms with Crippen molar-refractivity contribution >= 4 is 5.91 Å². The fourth-order valence-corrected chi connectivity index (χ4v) is 2.94. The van der Waals surface area contributed by atoms with Gasteiger partial charge in [0.2, 0.25) is 5.76 Å². The van der Waals surface area contributed by atoms with E-state index in [9.17, 15) is 9.90 Å². The van der Waals surface area contributed by atoms with Crippen LogP contribution in [0.4, 0.5) is 0 Å². The Morgan fingerprint density at radius 3 is 2.82 bits per heavy atom. The molecule has 0 radical (unpaired) electrons. The van der Waals surface area contributed by atoms with Crippen LogP contribution in [0.5, 0.6) is 0 Å². The third-order valence-corrected chi connectivity index (χ3v) is 4.02. The number of nitrogens with one attached hydrogen (secondary N) is 1. The van der Waals surface area contributed by atoms with E-state index in [1.165, 1.54) is 0 Å². The van der Waals surface area contributed by atoms with Crippen molar-refractivity contribution in [2.45, 2.75) is 33.3 Å². The van der Waals surface area contributed by atoms with Gasteiger partial charge in [-0.05, 0) is 26.3 Å². The predicted molar refractivity (Wildman–Crippen MR) is 78.4 cm³/mol. The Hall–Kier alpha value is -2.15. The molecule has 7 nitrogen and oxygen atoms in total. The standard InChI is InChI=1S/C15H20N4O3/c1-8-4-12(18-17-8)5-11-6-19(7-13(11)20)15(21)14-9(2)16-10(3)22-14/h4,11,13,20H,5-7H2,1-3H3,(H,17,18)/t11-,13-/m1/s1. The summed E-state index contributed by atoms with van der Waals surface area (Å²) in [7, 11) is 0. The number of aryl methyl sites for hydroxylation is 3. The van der Waals surface area contributed by atoms with Gasteiger partial charge >= 0.3 is 0 Å². The molecule has 0 bridgehead atoms. The lowest BCUT2D eigenvalue weighted by atomic mass is 10.0. The number of oxazole rings is 1. The number of likely N-dealkylation sites (tertiary alicyclic amines) is 1. The number of carbonyl (C=O) groups excluding carboxylic acids is 1. The van der Waals surface area contributed by atoms with E-state index >= 15 is 0 Å². The number of aromatic nitrogens is 3. The first-order valence-corrected chi connectivity index (χ1v) is 7.36. The number of aliphatic hydroxyl groups is 1. The van der Waals surface area contributed by atoms with Crippen LogP contribution in [0.25, 0.3) is 0 Å². The van der Waals surface area contributed by atoms with Gasteiger partial charge in [0.25, 0.3) is 5.91 Å². The predicted octanol–water partition coefficient (Wildman–Crippen LogP) is 0.999. The van der Waals surface area contributed by atoms with Crippen molar-refractivity contribution in [3.63, 3.8) is 0 Å². The molecule has 3 heterocycles. The molecule has 118 valence electrons. The molecule has 1 saturated heterocycles. The number of rotatable bonds is 3. The van der Waals surface area contributed by atoms with E-state index in [1.807, 2.05) is 13.0 Å². The van der Waals surface area contributed by atoms with E-state index in [0.717, 1.165) is 11.4 Å². The minimum atomic E-state index is -0.551. The van der Waals surface area contributed by atoms with Crippen molar-refractivity contribution in [1.29, 1.82) is 0 Å². The van der Waals surface area contributed by atoms with Crippen molar-refractivity contribution in [3.8, 4) is 0 Å². The van der Waals surface area contributed by atoms with E-state index in [0.29, 0.717) is 31.1 Å². The van der Waals surface area contributed by atoms with Gasteiger partial charge in [0.05, 0.1) is 17.5 Å². The van der Waals surface area contributed by atoms with Gasteiger partial charge in [-0.15, -0.1) is 0 Å². The Balaban J connectivity index is 1.70. The lowest BCUT2D eigenvalue weighted by Crippen LogP contribution is -2.29. The van der Waals surface area contributed by atoms with Gasteiger partial charge in [0, 0.05) is 31.6 Å². The average Bonchev–Trinajstić information content (AvgIpc) is 3.11. The van der Waals surface area contributed by atoms with Crippen molar-refractivity contribution in [2.75, 3.05) is 13.1 Å². The van der Waals surface area contributed by atoms with Crippen LogP contribution in [0, 0.1) is 26.7 Å². The van der Waals surface area contributed by atoms with E-state index in [1.54, 1.807) is 18.7 Å². The number of H-pyrrole nitrogens is 1. The molecule has 1 fully saturated rings. The molecule has 0 saturated carbocycles. The maximum atomic E-state index is 12.5. The molecule has 1 aliphatic rings. The van der Waals surface area contributed by atoms with Crippen molar-refractivity contribution in [1.82, 2.24) is 20.1 Å². The number of hydrogen-bond acceptors (Lipinski definition) is 5. The summed E-state index contributed by atoms with van der Waals surface area (Å²) < 4.78 is 5.38. The van der Waals surface area contributed by atoms with Crippen LogP contribution in [0.3, 0.4) is 0 Å². The molecule has 0 aliphatic carbocycles. The Morgan fingerprint density at radius 1 is 1.45 bits per heavy atom. The minimum Gasteiger partial charge on any atom is -0.436 e. The summed E-state index contributed by atoms with van der Waals surface area (Å²) in [5.41, 5.74) is 2.48.